The number of nitrogens with one attached hydrogen (secondary N) is 2. The van der Waals surface area contributed by atoms with Crippen molar-refractivity contribution in [2.24, 2.45) is 5.92 Å². The van der Waals surface area contributed by atoms with E-state index in [2.05, 4.69) is 10.6 Å². The van der Waals surface area contributed by atoms with Gasteiger partial charge in [-0.1, -0.05) is 6.92 Å². The molecule has 0 saturated carbocycles. The molecule has 4 atom stereocenters. The Kier molecular flexibility index (Phi) is 6.93. The summed E-state index contributed by atoms with van der Waals surface area (Å²) in [6.07, 6.45) is -0.545. The predicted octanol–water partition coefficient (Wildman–Crippen LogP) is -0.769. The monoisotopic (exact) mass is 276 g/mol. The highest BCUT2D eigenvalue weighted by Gasteiger charge is 2.49. The van der Waals surface area contributed by atoms with Crippen LogP contribution in [0.5, 0.6) is 0 Å². The summed E-state index contributed by atoms with van der Waals surface area (Å²) in [6, 6.07) is 0. The van der Waals surface area contributed by atoms with E-state index in [1.54, 1.807) is 27.8 Å². The topological polar surface area (TPSA) is 102 Å². The zero-order valence-electron chi connectivity index (χ0n) is 12.5. The van der Waals surface area contributed by atoms with E-state index in [0.717, 1.165) is 0 Å². The second-order valence-corrected chi connectivity index (χ2v) is 5.55. The minimum Gasteiger partial charge on any atom is -0.394 e. The smallest absolute Gasteiger partial charge is 0.217 e. The van der Waals surface area contributed by atoms with Gasteiger partial charge in [0, 0.05) is 12.8 Å². The summed E-state index contributed by atoms with van der Waals surface area (Å²) in [7, 11) is 1.79. The Hall–Kier alpha value is -0.690. The van der Waals surface area contributed by atoms with Gasteiger partial charge < -0.3 is 26.0 Å². The molecule has 0 radical (unpaired) electrons. The molecule has 0 aliphatic heterocycles. The normalized spacial score (nSPS) is 21.1. The molecule has 0 fully saturated rings. The first kappa shape index (κ1) is 18.3. The fraction of sp³-hybridized carbons (Fsp3) is 0.923. The molecule has 0 saturated heterocycles. The van der Waals surface area contributed by atoms with Crippen LogP contribution in [-0.4, -0.2) is 58.7 Å². The summed E-state index contributed by atoms with van der Waals surface area (Å²) < 4.78 is 0. The van der Waals surface area contributed by atoms with Crippen molar-refractivity contribution in [1.29, 1.82) is 0 Å². The van der Waals surface area contributed by atoms with Gasteiger partial charge in [-0.15, -0.1) is 0 Å². The average molecular weight is 276 g/mol. The maximum absolute atomic E-state index is 11.4. The van der Waals surface area contributed by atoms with Crippen molar-refractivity contribution in [2.45, 2.75) is 51.4 Å². The molecule has 1 amide bonds. The molecular formula is C13H28N2O4. The van der Waals surface area contributed by atoms with Gasteiger partial charge in [-0.3, -0.25) is 4.79 Å². The van der Waals surface area contributed by atoms with Gasteiger partial charge in [0.05, 0.1) is 23.9 Å². The zero-order chi connectivity index (χ0) is 15.3. The summed E-state index contributed by atoms with van der Waals surface area (Å²) in [5.74, 6) is -0.837. The minimum atomic E-state index is -1.36. The Morgan fingerprint density at radius 1 is 1.37 bits per heavy atom. The predicted molar refractivity (Wildman–Crippen MR) is 73.6 cm³/mol. The lowest BCUT2D eigenvalue weighted by molar-refractivity contribution is -0.138. The molecule has 0 aliphatic carbocycles. The van der Waals surface area contributed by atoms with Gasteiger partial charge in [-0.2, -0.15) is 0 Å². The Bertz CT molecular complexity index is 296. The van der Waals surface area contributed by atoms with Gasteiger partial charge in [0.25, 0.3) is 0 Å². The summed E-state index contributed by atoms with van der Waals surface area (Å²) in [5.41, 5.74) is -2.27. The molecule has 114 valence electrons. The number of amides is 1. The fourth-order valence-corrected chi connectivity index (χ4v) is 2.24. The van der Waals surface area contributed by atoms with Gasteiger partial charge in [0.2, 0.25) is 5.91 Å². The van der Waals surface area contributed by atoms with Crippen LogP contribution in [0.15, 0.2) is 0 Å². The van der Waals surface area contributed by atoms with Gasteiger partial charge in [-0.05, 0) is 33.9 Å². The van der Waals surface area contributed by atoms with E-state index >= 15 is 0 Å². The van der Waals surface area contributed by atoms with Crippen LogP contribution >= 0.6 is 0 Å². The van der Waals surface area contributed by atoms with Crippen molar-refractivity contribution in [3.63, 3.8) is 0 Å². The molecule has 0 bridgehead atoms. The number of rotatable bonds is 8. The molecule has 0 spiro atoms. The van der Waals surface area contributed by atoms with E-state index < -0.39 is 29.8 Å². The van der Waals surface area contributed by atoms with Crippen molar-refractivity contribution in [3.8, 4) is 0 Å². The summed E-state index contributed by atoms with van der Waals surface area (Å²) in [5, 5.41) is 35.3. The lowest BCUT2D eigenvalue weighted by Gasteiger charge is -2.48. The van der Waals surface area contributed by atoms with Gasteiger partial charge in [0.1, 0.15) is 0 Å². The maximum Gasteiger partial charge on any atom is 0.217 e. The highest BCUT2D eigenvalue weighted by molar-refractivity contribution is 5.74. The van der Waals surface area contributed by atoms with Crippen LogP contribution < -0.4 is 10.6 Å². The first-order valence-electron chi connectivity index (χ1n) is 6.57. The molecular weight excluding hydrogens is 248 g/mol. The highest BCUT2D eigenvalue weighted by atomic mass is 16.3. The lowest BCUT2D eigenvalue weighted by atomic mass is 9.70. The SMILES string of the molecule is CNCCC(C)(NC(C)=O)C(C)(O)C(C)C(O)CO. The first-order chi connectivity index (χ1) is 8.62. The molecule has 4 unspecified atom stereocenters. The summed E-state index contributed by atoms with van der Waals surface area (Å²) in [4.78, 5) is 11.4. The number of aliphatic hydroxyl groups excluding tert-OH is 2. The summed E-state index contributed by atoms with van der Waals surface area (Å²) in [6.45, 7) is 6.53. The van der Waals surface area contributed by atoms with Crippen LogP contribution in [0.2, 0.25) is 0 Å². The molecule has 0 aromatic carbocycles. The second-order valence-electron chi connectivity index (χ2n) is 5.55. The van der Waals surface area contributed by atoms with Crippen molar-refractivity contribution in [1.82, 2.24) is 10.6 Å². The lowest BCUT2D eigenvalue weighted by Crippen LogP contribution is -2.66. The first-order valence-corrected chi connectivity index (χ1v) is 6.57. The third-order valence-corrected chi connectivity index (χ3v) is 4.09. The molecule has 19 heavy (non-hydrogen) atoms. The number of carbonyl (C=O) groups is 1. The van der Waals surface area contributed by atoms with E-state index in [0.29, 0.717) is 13.0 Å². The van der Waals surface area contributed by atoms with Crippen LogP contribution in [0.25, 0.3) is 0 Å². The van der Waals surface area contributed by atoms with E-state index in [1.165, 1.54) is 6.92 Å². The van der Waals surface area contributed by atoms with E-state index in [1.807, 2.05) is 0 Å². The summed E-state index contributed by atoms with van der Waals surface area (Å²) >= 11 is 0. The Labute approximate surface area is 115 Å². The molecule has 0 aromatic rings. The van der Waals surface area contributed by atoms with Crippen LogP contribution in [0, 0.1) is 5.92 Å². The number of hydrogen-bond acceptors (Lipinski definition) is 5. The third kappa shape index (κ3) is 4.42. The highest BCUT2D eigenvalue weighted by Crippen LogP contribution is 2.34. The largest absolute Gasteiger partial charge is 0.394 e. The molecule has 0 heterocycles. The average Bonchev–Trinajstić information content (AvgIpc) is 2.33. The van der Waals surface area contributed by atoms with E-state index in [-0.39, 0.29) is 5.91 Å². The number of aliphatic hydroxyl groups is 3. The zero-order valence-corrected chi connectivity index (χ0v) is 12.5. The standard InChI is InChI=1S/C13H28N2O4/c1-9(11(18)8-16)13(4,19)12(3,6-7-14-5)15-10(2)17/h9,11,14,16,18-19H,6-8H2,1-5H3,(H,15,17). The molecule has 0 aromatic heterocycles. The molecule has 0 aliphatic rings. The Balaban J connectivity index is 5.25. The molecule has 6 nitrogen and oxygen atoms in total. The van der Waals surface area contributed by atoms with Crippen LogP contribution in [0.3, 0.4) is 0 Å². The van der Waals surface area contributed by atoms with Crippen molar-refractivity contribution in [3.05, 3.63) is 0 Å². The van der Waals surface area contributed by atoms with Crippen LogP contribution in [0.4, 0.5) is 0 Å². The van der Waals surface area contributed by atoms with Crippen molar-refractivity contribution in [2.75, 3.05) is 20.2 Å². The van der Waals surface area contributed by atoms with Crippen LogP contribution in [-0.2, 0) is 4.79 Å². The quantitative estimate of drug-likeness (QED) is 0.401. The number of hydrogen-bond donors (Lipinski definition) is 5. The number of carbonyl (C=O) groups excluding carboxylic acids is 1. The van der Waals surface area contributed by atoms with E-state index in [9.17, 15) is 15.0 Å². The molecule has 6 heteroatoms. The van der Waals surface area contributed by atoms with Gasteiger partial charge in [-0.25, -0.2) is 0 Å². The van der Waals surface area contributed by atoms with E-state index in [4.69, 9.17) is 5.11 Å². The Morgan fingerprint density at radius 2 is 1.89 bits per heavy atom. The van der Waals surface area contributed by atoms with Crippen molar-refractivity contribution >= 4 is 5.91 Å². The fourth-order valence-electron chi connectivity index (χ4n) is 2.24. The minimum absolute atomic E-state index is 0.246. The van der Waals surface area contributed by atoms with Gasteiger partial charge in [0.15, 0.2) is 0 Å². The third-order valence-electron chi connectivity index (χ3n) is 4.09. The molecule has 5 N–H and O–H groups in total. The van der Waals surface area contributed by atoms with Crippen LogP contribution in [0.1, 0.15) is 34.1 Å². The molecule has 0 rings (SSSR count). The maximum atomic E-state index is 11.4. The second kappa shape index (κ2) is 7.19. The van der Waals surface area contributed by atoms with Gasteiger partial charge >= 0.3 is 0 Å². The Morgan fingerprint density at radius 3 is 2.26 bits per heavy atom. The van der Waals surface area contributed by atoms with Crippen molar-refractivity contribution < 1.29 is 20.1 Å².